The van der Waals surface area contributed by atoms with E-state index in [1.165, 1.54) is 11.3 Å². The van der Waals surface area contributed by atoms with Gasteiger partial charge in [-0.1, -0.05) is 6.07 Å². The maximum absolute atomic E-state index is 5.83. The van der Waals surface area contributed by atoms with Crippen LogP contribution in [0, 0.1) is 0 Å². The first-order chi connectivity index (χ1) is 8.12. The SMILES string of the molecule is CCN(CC)c1ccc(C[C@@H](C)N)c(OC)c1. The molecule has 0 saturated carbocycles. The third-order valence-electron chi connectivity index (χ3n) is 2.94. The average molecular weight is 236 g/mol. The molecule has 0 spiro atoms. The topological polar surface area (TPSA) is 38.5 Å². The van der Waals surface area contributed by atoms with Gasteiger partial charge in [-0.25, -0.2) is 0 Å². The summed E-state index contributed by atoms with van der Waals surface area (Å²) in [5.41, 5.74) is 8.22. The number of rotatable bonds is 6. The molecular weight excluding hydrogens is 212 g/mol. The standard InChI is InChI=1S/C14H24N2O/c1-5-16(6-2)13-8-7-12(9-11(3)15)14(10-13)17-4/h7-8,10-11H,5-6,9,15H2,1-4H3/t11-/m1/s1. The van der Waals surface area contributed by atoms with Crippen molar-refractivity contribution in [2.75, 3.05) is 25.1 Å². The third-order valence-corrected chi connectivity index (χ3v) is 2.94. The predicted octanol–water partition coefficient (Wildman–Crippen LogP) is 2.43. The molecule has 1 aromatic rings. The van der Waals surface area contributed by atoms with Crippen molar-refractivity contribution in [3.63, 3.8) is 0 Å². The fourth-order valence-corrected chi connectivity index (χ4v) is 2.03. The Labute approximate surface area is 105 Å². The molecule has 1 rings (SSSR count). The molecule has 1 aromatic carbocycles. The van der Waals surface area contributed by atoms with Crippen LogP contribution in [0.5, 0.6) is 5.75 Å². The molecular formula is C14H24N2O. The van der Waals surface area contributed by atoms with E-state index in [1.807, 2.05) is 6.92 Å². The molecule has 2 N–H and O–H groups in total. The molecule has 0 unspecified atom stereocenters. The van der Waals surface area contributed by atoms with E-state index in [0.717, 1.165) is 25.3 Å². The van der Waals surface area contributed by atoms with Gasteiger partial charge in [-0.2, -0.15) is 0 Å². The molecule has 0 aliphatic heterocycles. The lowest BCUT2D eigenvalue weighted by atomic mass is 10.1. The predicted molar refractivity (Wildman–Crippen MR) is 73.9 cm³/mol. The summed E-state index contributed by atoms with van der Waals surface area (Å²) < 4.78 is 5.44. The second-order valence-electron chi connectivity index (χ2n) is 4.35. The van der Waals surface area contributed by atoms with Gasteiger partial charge in [0.15, 0.2) is 0 Å². The van der Waals surface area contributed by atoms with Gasteiger partial charge in [-0.3, -0.25) is 0 Å². The number of methoxy groups -OCH3 is 1. The summed E-state index contributed by atoms with van der Waals surface area (Å²) in [5.74, 6) is 0.937. The van der Waals surface area contributed by atoms with Crippen LogP contribution in [0.25, 0.3) is 0 Å². The van der Waals surface area contributed by atoms with Gasteiger partial charge in [0.2, 0.25) is 0 Å². The number of benzene rings is 1. The van der Waals surface area contributed by atoms with Crippen LogP contribution in [-0.4, -0.2) is 26.2 Å². The Bertz CT molecular complexity index is 346. The van der Waals surface area contributed by atoms with Crippen molar-refractivity contribution in [1.82, 2.24) is 0 Å². The fraction of sp³-hybridized carbons (Fsp3) is 0.571. The normalized spacial score (nSPS) is 12.3. The minimum atomic E-state index is 0.156. The fourth-order valence-electron chi connectivity index (χ4n) is 2.03. The van der Waals surface area contributed by atoms with Crippen LogP contribution >= 0.6 is 0 Å². The summed E-state index contributed by atoms with van der Waals surface area (Å²) in [6, 6.07) is 6.52. The van der Waals surface area contributed by atoms with E-state index in [9.17, 15) is 0 Å². The summed E-state index contributed by atoms with van der Waals surface area (Å²) in [7, 11) is 1.71. The molecule has 17 heavy (non-hydrogen) atoms. The minimum Gasteiger partial charge on any atom is -0.496 e. The average Bonchev–Trinajstić information content (AvgIpc) is 2.31. The molecule has 0 fully saturated rings. The lowest BCUT2D eigenvalue weighted by molar-refractivity contribution is 0.408. The van der Waals surface area contributed by atoms with Crippen molar-refractivity contribution in [1.29, 1.82) is 0 Å². The molecule has 0 aliphatic carbocycles. The Hall–Kier alpha value is -1.22. The number of hydrogen-bond donors (Lipinski definition) is 1. The summed E-state index contributed by atoms with van der Waals surface area (Å²) in [6.07, 6.45) is 0.849. The highest BCUT2D eigenvalue weighted by atomic mass is 16.5. The quantitative estimate of drug-likeness (QED) is 0.824. The monoisotopic (exact) mass is 236 g/mol. The molecule has 0 aliphatic rings. The highest BCUT2D eigenvalue weighted by Gasteiger charge is 2.09. The Morgan fingerprint density at radius 2 is 1.94 bits per heavy atom. The summed E-state index contributed by atoms with van der Waals surface area (Å²) in [5, 5.41) is 0. The Morgan fingerprint density at radius 1 is 1.29 bits per heavy atom. The molecule has 0 radical (unpaired) electrons. The van der Waals surface area contributed by atoms with E-state index in [-0.39, 0.29) is 6.04 Å². The molecule has 0 aromatic heterocycles. The van der Waals surface area contributed by atoms with Crippen LogP contribution < -0.4 is 15.4 Å². The Balaban J connectivity index is 2.99. The molecule has 3 heteroatoms. The Kier molecular flexibility index (Phi) is 5.29. The summed E-state index contributed by atoms with van der Waals surface area (Å²) in [4.78, 5) is 2.30. The van der Waals surface area contributed by atoms with Crippen LogP contribution in [0.1, 0.15) is 26.3 Å². The highest BCUT2D eigenvalue weighted by Crippen LogP contribution is 2.26. The van der Waals surface area contributed by atoms with Crippen molar-refractivity contribution < 1.29 is 4.74 Å². The molecule has 0 amide bonds. The van der Waals surface area contributed by atoms with E-state index in [0.29, 0.717) is 0 Å². The first-order valence-electron chi connectivity index (χ1n) is 6.29. The lowest BCUT2D eigenvalue weighted by Crippen LogP contribution is -2.22. The van der Waals surface area contributed by atoms with Gasteiger partial charge in [0.25, 0.3) is 0 Å². The lowest BCUT2D eigenvalue weighted by Gasteiger charge is -2.22. The second kappa shape index (κ2) is 6.50. The maximum Gasteiger partial charge on any atom is 0.124 e. The van der Waals surface area contributed by atoms with Crippen molar-refractivity contribution in [3.05, 3.63) is 23.8 Å². The third kappa shape index (κ3) is 3.63. The van der Waals surface area contributed by atoms with Gasteiger partial charge in [0.05, 0.1) is 7.11 Å². The number of hydrogen-bond acceptors (Lipinski definition) is 3. The summed E-state index contributed by atoms with van der Waals surface area (Å²) >= 11 is 0. The smallest absolute Gasteiger partial charge is 0.124 e. The molecule has 96 valence electrons. The van der Waals surface area contributed by atoms with E-state index < -0.39 is 0 Å². The zero-order valence-electron chi connectivity index (χ0n) is 11.4. The van der Waals surface area contributed by atoms with Gasteiger partial charge in [-0.15, -0.1) is 0 Å². The Morgan fingerprint density at radius 3 is 2.41 bits per heavy atom. The maximum atomic E-state index is 5.83. The zero-order chi connectivity index (χ0) is 12.8. The molecule has 1 atom stereocenters. The van der Waals surface area contributed by atoms with Crippen molar-refractivity contribution >= 4 is 5.69 Å². The number of nitrogens with zero attached hydrogens (tertiary/aromatic N) is 1. The van der Waals surface area contributed by atoms with Gasteiger partial charge in [0, 0.05) is 30.9 Å². The molecule has 3 nitrogen and oxygen atoms in total. The van der Waals surface area contributed by atoms with E-state index in [1.54, 1.807) is 7.11 Å². The van der Waals surface area contributed by atoms with Crippen molar-refractivity contribution in [3.8, 4) is 5.75 Å². The van der Waals surface area contributed by atoms with Gasteiger partial charge in [-0.05, 0) is 38.8 Å². The van der Waals surface area contributed by atoms with Crippen molar-refractivity contribution in [2.45, 2.75) is 33.2 Å². The largest absolute Gasteiger partial charge is 0.496 e. The molecule has 0 bridgehead atoms. The van der Waals surface area contributed by atoms with E-state index in [4.69, 9.17) is 10.5 Å². The minimum absolute atomic E-state index is 0.156. The molecule has 0 heterocycles. The molecule has 0 saturated heterocycles. The van der Waals surface area contributed by atoms with Crippen LogP contribution in [0.15, 0.2) is 18.2 Å². The zero-order valence-corrected chi connectivity index (χ0v) is 11.4. The van der Waals surface area contributed by atoms with Gasteiger partial charge in [0.1, 0.15) is 5.75 Å². The van der Waals surface area contributed by atoms with Crippen molar-refractivity contribution in [2.24, 2.45) is 5.73 Å². The number of ether oxygens (including phenoxy) is 1. The number of nitrogens with two attached hydrogens (primary N) is 1. The van der Waals surface area contributed by atoms with Gasteiger partial charge >= 0.3 is 0 Å². The van der Waals surface area contributed by atoms with Crippen LogP contribution in [0.2, 0.25) is 0 Å². The van der Waals surface area contributed by atoms with Crippen LogP contribution in [0.3, 0.4) is 0 Å². The van der Waals surface area contributed by atoms with Crippen LogP contribution in [-0.2, 0) is 6.42 Å². The first-order valence-corrected chi connectivity index (χ1v) is 6.29. The summed E-state index contributed by atoms with van der Waals surface area (Å²) in [6.45, 7) is 8.34. The number of anilines is 1. The van der Waals surface area contributed by atoms with Gasteiger partial charge < -0.3 is 15.4 Å². The van der Waals surface area contributed by atoms with Crippen LogP contribution in [0.4, 0.5) is 5.69 Å². The second-order valence-corrected chi connectivity index (χ2v) is 4.35. The van der Waals surface area contributed by atoms with E-state index >= 15 is 0 Å². The van der Waals surface area contributed by atoms with E-state index in [2.05, 4.69) is 36.9 Å². The highest BCUT2D eigenvalue weighted by molar-refractivity contribution is 5.54. The first kappa shape index (κ1) is 13.8.